The summed E-state index contributed by atoms with van der Waals surface area (Å²) in [6, 6.07) is 0. The van der Waals surface area contributed by atoms with Crippen molar-refractivity contribution in [3.63, 3.8) is 0 Å². The summed E-state index contributed by atoms with van der Waals surface area (Å²) in [6.45, 7) is 31.1. The lowest BCUT2D eigenvalue weighted by atomic mass is 9.49. The van der Waals surface area contributed by atoms with E-state index in [1.54, 1.807) is 16.0 Å². The van der Waals surface area contributed by atoms with Crippen molar-refractivity contribution in [3.05, 3.63) is 34.9 Å². The van der Waals surface area contributed by atoms with Gasteiger partial charge in [0, 0.05) is 32.4 Å². The predicted octanol–water partition coefficient (Wildman–Crippen LogP) is 10.0. The zero-order valence-corrected chi connectivity index (χ0v) is 33.7. The summed E-state index contributed by atoms with van der Waals surface area (Å²) < 4.78 is 21.9. The molecule has 0 heterocycles. The third-order valence-electron chi connectivity index (χ3n) is 13.4. The van der Waals surface area contributed by atoms with Gasteiger partial charge in [0.1, 0.15) is 0 Å². The molecule has 0 bridgehead atoms. The maximum atomic E-state index is 12.7. The topological polar surface area (TPSA) is 48.0 Å². The van der Waals surface area contributed by atoms with Gasteiger partial charge in [-0.25, -0.2) is 0 Å². The Bertz CT molecular complexity index is 1230. The number of carbonyl (C=O) groups is 1. The van der Waals surface area contributed by atoms with Crippen LogP contribution in [0.25, 0.3) is 0 Å². The number of hydrogen-bond acceptors (Lipinski definition) is 4. The quantitative estimate of drug-likeness (QED) is 0.141. The van der Waals surface area contributed by atoms with Gasteiger partial charge in [-0.15, -0.1) is 0 Å². The maximum absolute atomic E-state index is 12.7. The van der Waals surface area contributed by atoms with E-state index < -0.39 is 22.4 Å². The minimum Gasteiger partial charge on any atom is -0.413 e. The van der Waals surface area contributed by atoms with Crippen LogP contribution in [0.4, 0.5) is 0 Å². The van der Waals surface area contributed by atoms with Crippen molar-refractivity contribution >= 4 is 22.5 Å². The summed E-state index contributed by atoms with van der Waals surface area (Å²) in [4.78, 5) is 14.3. The fourth-order valence-electron chi connectivity index (χ4n) is 8.31. The molecule has 4 rings (SSSR count). The van der Waals surface area contributed by atoms with E-state index in [4.69, 9.17) is 13.6 Å². The van der Waals surface area contributed by atoms with E-state index >= 15 is 0 Å². The fourth-order valence-corrected chi connectivity index (χ4v) is 11.2. The molecule has 0 radical (unpaired) electrons. The summed E-state index contributed by atoms with van der Waals surface area (Å²) >= 11 is 0. The molecule has 45 heavy (non-hydrogen) atoms. The Hall–Kier alpha value is -0.996. The van der Waals surface area contributed by atoms with Crippen LogP contribution >= 0.6 is 0 Å². The lowest BCUT2D eigenvalue weighted by molar-refractivity contribution is -0.230. The highest BCUT2D eigenvalue weighted by Crippen LogP contribution is 2.66. The summed E-state index contributed by atoms with van der Waals surface area (Å²) in [7, 11) is -0.799. The molecule has 0 aliphatic heterocycles. The summed E-state index contributed by atoms with van der Waals surface area (Å²) in [5.41, 5.74) is 4.87. The van der Waals surface area contributed by atoms with Gasteiger partial charge in [-0.3, -0.25) is 4.79 Å². The van der Waals surface area contributed by atoms with Crippen molar-refractivity contribution in [1.82, 2.24) is 4.90 Å². The van der Waals surface area contributed by atoms with Gasteiger partial charge in [0.25, 0.3) is 0 Å². The van der Waals surface area contributed by atoms with Crippen LogP contribution in [0.15, 0.2) is 34.9 Å². The van der Waals surface area contributed by atoms with Crippen LogP contribution in [0.3, 0.4) is 0 Å². The highest BCUT2D eigenvalue weighted by atomic mass is 28.4. The summed E-state index contributed by atoms with van der Waals surface area (Å²) in [5.74, 6) is 0.291. The molecule has 4 aliphatic carbocycles. The first kappa shape index (κ1) is 36.8. The van der Waals surface area contributed by atoms with Crippen LogP contribution in [0, 0.1) is 22.7 Å². The molecule has 2 fully saturated rings. The molecule has 1 amide bonds. The average molecular weight is 658 g/mol. The molecule has 0 aromatic carbocycles. The van der Waals surface area contributed by atoms with E-state index in [0.717, 1.165) is 19.3 Å². The van der Waals surface area contributed by atoms with E-state index in [-0.39, 0.29) is 32.9 Å². The number of allylic oxidation sites excluding steroid dienone is 5. The van der Waals surface area contributed by atoms with Gasteiger partial charge in [-0.1, -0.05) is 97.3 Å². The number of carbonyl (C=O) groups excluding carboxylic acids is 1. The number of nitrogens with zero attached hydrogens (tertiary/aromatic N) is 1. The number of rotatable bonds is 9. The Kier molecular flexibility index (Phi) is 9.95. The van der Waals surface area contributed by atoms with Crippen LogP contribution < -0.4 is 0 Å². The van der Waals surface area contributed by atoms with Gasteiger partial charge in [0.05, 0.1) is 19.1 Å². The Morgan fingerprint density at radius 3 is 2.16 bits per heavy atom. The molecule has 0 unspecified atom stereocenters. The van der Waals surface area contributed by atoms with Crippen molar-refractivity contribution in [2.75, 3.05) is 20.7 Å². The molecular formula is C38H67NO4Si2. The number of amides is 1. The Morgan fingerprint density at radius 2 is 1.60 bits per heavy atom. The third-order valence-corrected chi connectivity index (χ3v) is 22.4. The molecule has 256 valence electrons. The van der Waals surface area contributed by atoms with Crippen LogP contribution in [-0.4, -0.2) is 60.0 Å². The monoisotopic (exact) mass is 657 g/mol. The first-order valence-corrected chi connectivity index (χ1v) is 23.6. The van der Waals surface area contributed by atoms with Crippen molar-refractivity contribution in [1.29, 1.82) is 0 Å². The molecule has 0 aromatic heterocycles. The predicted molar refractivity (Wildman–Crippen MR) is 193 cm³/mol. The second-order valence-electron chi connectivity index (χ2n) is 18.4. The molecule has 7 heteroatoms. The molecule has 2 saturated carbocycles. The highest BCUT2D eigenvalue weighted by Gasteiger charge is 2.62. The minimum absolute atomic E-state index is 0.0215. The van der Waals surface area contributed by atoms with Gasteiger partial charge in [0.15, 0.2) is 22.4 Å². The number of hydrogen-bond donors (Lipinski definition) is 0. The minimum atomic E-state index is -2.26. The van der Waals surface area contributed by atoms with Crippen LogP contribution in [0.2, 0.25) is 36.3 Å². The standard InChI is InChI=1S/C38H67NO4Si2/c1-16-27-18-20-30-29-19-17-28-25-38(41-24-22-33(40)39(10)11,43-45(14,15)35(5,6)7)26-32(42-44(12,13)34(2,3)4)37(28,9)31(29)21-23-36(27,30)8/h17-19,30-32H,16,20-26H2,1-15H3/t30-,31+,32-,36+,37-,38+/m0/s1. The molecular weight excluding hydrogens is 591 g/mol. The van der Waals surface area contributed by atoms with Gasteiger partial charge in [-0.05, 0) is 79.2 Å². The molecule has 0 saturated heterocycles. The molecule has 0 N–H and O–H groups in total. The summed E-state index contributed by atoms with van der Waals surface area (Å²) in [6.07, 6.45) is 14.0. The van der Waals surface area contributed by atoms with E-state index in [2.05, 4.69) is 107 Å². The maximum Gasteiger partial charge on any atom is 0.224 e. The fraction of sp³-hybridized carbons (Fsp3) is 0.816. The molecule has 0 spiro atoms. The smallest absolute Gasteiger partial charge is 0.224 e. The van der Waals surface area contributed by atoms with Crippen LogP contribution in [-0.2, 0) is 18.4 Å². The zero-order valence-electron chi connectivity index (χ0n) is 31.7. The Balaban J connectivity index is 1.83. The highest BCUT2D eigenvalue weighted by molar-refractivity contribution is 6.74. The van der Waals surface area contributed by atoms with Crippen molar-refractivity contribution < 1.29 is 18.4 Å². The van der Waals surface area contributed by atoms with Gasteiger partial charge in [-0.2, -0.15) is 0 Å². The first-order valence-electron chi connectivity index (χ1n) is 17.8. The summed E-state index contributed by atoms with van der Waals surface area (Å²) in [5, 5.41) is 0.101. The van der Waals surface area contributed by atoms with Gasteiger partial charge < -0.3 is 18.5 Å². The van der Waals surface area contributed by atoms with Crippen LogP contribution in [0.1, 0.15) is 107 Å². The average Bonchev–Trinajstić information content (AvgIpc) is 3.24. The number of fused-ring (bicyclic) bond motifs is 5. The molecule has 5 nitrogen and oxygen atoms in total. The Labute approximate surface area is 278 Å². The van der Waals surface area contributed by atoms with Gasteiger partial charge >= 0.3 is 0 Å². The lowest BCUT2D eigenvalue weighted by Gasteiger charge is -2.61. The van der Waals surface area contributed by atoms with E-state index in [9.17, 15) is 4.79 Å². The van der Waals surface area contributed by atoms with Crippen molar-refractivity contribution in [3.8, 4) is 0 Å². The molecule has 4 aliphatic rings. The van der Waals surface area contributed by atoms with Crippen molar-refractivity contribution in [2.24, 2.45) is 22.7 Å². The SMILES string of the molecule is CCC1=CC[C@H]2C3=CC=C4C[C@@](OCCC(=O)N(C)C)(O[Si](C)(C)C(C)(C)C)C[C@H](O[Si](C)(C)C(C)(C)C)[C@]4(C)[C@@H]3CC[C@]12C. The zero-order chi connectivity index (χ0) is 34.0. The largest absolute Gasteiger partial charge is 0.413 e. The van der Waals surface area contributed by atoms with Crippen molar-refractivity contribution in [2.45, 2.75) is 155 Å². The second kappa shape index (κ2) is 12.2. The van der Waals surface area contributed by atoms with Crippen LogP contribution in [0.5, 0.6) is 0 Å². The van der Waals surface area contributed by atoms with E-state index in [0.29, 0.717) is 31.3 Å². The van der Waals surface area contributed by atoms with Gasteiger partial charge in [0.2, 0.25) is 5.91 Å². The Morgan fingerprint density at radius 1 is 0.978 bits per heavy atom. The van der Waals surface area contributed by atoms with E-state index in [1.165, 1.54) is 18.4 Å². The second-order valence-corrected chi connectivity index (χ2v) is 27.9. The number of ether oxygens (including phenoxy) is 1. The van der Waals surface area contributed by atoms with E-state index in [1.807, 2.05) is 14.1 Å². The molecule has 0 aromatic rings. The first-order chi connectivity index (χ1) is 20.4. The molecule has 6 atom stereocenters. The third kappa shape index (κ3) is 6.56. The lowest BCUT2D eigenvalue weighted by Crippen LogP contribution is -2.62. The normalized spacial score (nSPS) is 33.8.